The first-order valence-corrected chi connectivity index (χ1v) is 8.95. The van der Waals surface area contributed by atoms with Crippen LogP contribution in [0.15, 0.2) is 18.5 Å². The van der Waals surface area contributed by atoms with Crippen molar-refractivity contribution in [2.75, 3.05) is 50.7 Å². The van der Waals surface area contributed by atoms with Crippen LogP contribution in [0.2, 0.25) is 0 Å². The van der Waals surface area contributed by atoms with E-state index in [4.69, 9.17) is 5.73 Å². The number of anilines is 1. The number of aromatic nitrogens is 2. The Morgan fingerprint density at radius 3 is 2.64 bits per heavy atom. The van der Waals surface area contributed by atoms with E-state index in [9.17, 15) is 9.59 Å². The van der Waals surface area contributed by atoms with Gasteiger partial charge in [-0.15, -0.1) is 0 Å². The van der Waals surface area contributed by atoms with Crippen molar-refractivity contribution in [1.82, 2.24) is 19.8 Å². The van der Waals surface area contributed by atoms with Crippen LogP contribution in [-0.2, 0) is 9.59 Å². The Hall–Kier alpha value is -2.22. The van der Waals surface area contributed by atoms with Crippen molar-refractivity contribution in [3.05, 3.63) is 18.5 Å². The second-order valence-corrected chi connectivity index (χ2v) is 6.76. The van der Waals surface area contributed by atoms with Gasteiger partial charge in [0.05, 0.1) is 12.5 Å². The Morgan fingerprint density at radius 1 is 1.08 bits per heavy atom. The molecule has 0 radical (unpaired) electrons. The maximum absolute atomic E-state index is 13.0. The molecule has 0 saturated carbocycles. The summed E-state index contributed by atoms with van der Waals surface area (Å²) in [7, 11) is 0. The van der Waals surface area contributed by atoms with Crippen LogP contribution in [-0.4, -0.2) is 77.4 Å². The molecule has 2 aliphatic heterocycles. The number of nitrogens with two attached hydrogens (primary N) is 1. The Morgan fingerprint density at radius 2 is 1.88 bits per heavy atom. The molecule has 0 aromatic carbocycles. The molecule has 3 rings (SSSR count). The lowest BCUT2D eigenvalue weighted by atomic mass is 9.96. The zero-order valence-electron chi connectivity index (χ0n) is 14.5. The number of rotatable bonds is 4. The molecule has 0 spiro atoms. The van der Waals surface area contributed by atoms with Crippen LogP contribution in [0.25, 0.3) is 0 Å². The minimum atomic E-state index is -0.314. The van der Waals surface area contributed by atoms with Crippen LogP contribution in [0.5, 0.6) is 0 Å². The Kier molecular flexibility index (Phi) is 5.80. The van der Waals surface area contributed by atoms with Gasteiger partial charge in [0.25, 0.3) is 0 Å². The zero-order valence-corrected chi connectivity index (χ0v) is 14.5. The first-order chi connectivity index (χ1) is 12.1. The van der Waals surface area contributed by atoms with E-state index >= 15 is 0 Å². The van der Waals surface area contributed by atoms with Gasteiger partial charge >= 0.3 is 0 Å². The lowest BCUT2D eigenvalue weighted by molar-refractivity contribution is -0.135. The third kappa shape index (κ3) is 4.66. The Bertz CT molecular complexity index is 596. The summed E-state index contributed by atoms with van der Waals surface area (Å²) in [5, 5.41) is 0. The van der Waals surface area contributed by atoms with Crippen LogP contribution >= 0.6 is 0 Å². The van der Waals surface area contributed by atoms with Crippen LogP contribution < -0.4 is 10.6 Å². The molecule has 8 heteroatoms. The molecule has 2 N–H and O–H groups in total. The number of nitrogens with zero attached hydrogens (tertiary/aromatic N) is 5. The van der Waals surface area contributed by atoms with E-state index in [-0.39, 0.29) is 24.3 Å². The smallest absolute Gasteiger partial charge is 0.231 e. The van der Waals surface area contributed by atoms with E-state index in [1.165, 1.54) is 0 Å². The number of carbonyl (C=O) groups excluding carboxylic acids is 2. The van der Waals surface area contributed by atoms with E-state index < -0.39 is 0 Å². The fourth-order valence-corrected chi connectivity index (χ4v) is 3.64. The van der Waals surface area contributed by atoms with Crippen molar-refractivity contribution in [2.24, 2.45) is 11.7 Å². The Balaban J connectivity index is 1.57. The first kappa shape index (κ1) is 17.6. The highest BCUT2D eigenvalue weighted by Crippen LogP contribution is 2.22. The zero-order chi connectivity index (χ0) is 17.6. The minimum Gasteiger partial charge on any atom is -0.369 e. The normalized spacial score (nSPS) is 22.5. The average molecular weight is 346 g/mol. The van der Waals surface area contributed by atoms with Gasteiger partial charge in [-0.05, 0) is 25.3 Å². The number of hydrogen-bond acceptors (Lipinski definition) is 6. The van der Waals surface area contributed by atoms with Crippen molar-refractivity contribution >= 4 is 17.8 Å². The first-order valence-electron chi connectivity index (χ1n) is 8.95. The third-order valence-corrected chi connectivity index (χ3v) is 4.89. The lowest BCUT2D eigenvalue weighted by Crippen LogP contribution is -2.46. The van der Waals surface area contributed by atoms with Gasteiger partial charge in [0, 0.05) is 51.7 Å². The molecule has 25 heavy (non-hydrogen) atoms. The van der Waals surface area contributed by atoms with Crippen LogP contribution in [0, 0.1) is 5.92 Å². The molecule has 2 amide bonds. The standard InChI is InChI=1S/C17H26N6O2/c18-15(24)13-21-7-3-9-22(11-10-21)16(25)14-4-1-8-23(12-14)17-19-5-2-6-20-17/h2,5-6,14H,1,3-4,7-13H2,(H2,18,24)/t14-/m1/s1. The summed E-state index contributed by atoms with van der Waals surface area (Å²) in [4.78, 5) is 38.7. The molecule has 136 valence electrons. The predicted molar refractivity (Wildman–Crippen MR) is 93.8 cm³/mol. The summed E-state index contributed by atoms with van der Waals surface area (Å²) in [6.45, 7) is 4.74. The monoisotopic (exact) mass is 346 g/mol. The second-order valence-electron chi connectivity index (χ2n) is 6.76. The average Bonchev–Trinajstić information content (AvgIpc) is 2.87. The molecule has 0 unspecified atom stereocenters. The van der Waals surface area contributed by atoms with E-state index in [0.29, 0.717) is 25.6 Å². The highest BCUT2D eigenvalue weighted by atomic mass is 16.2. The summed E-state index contributed by atoms with van der Waals surface area (Å²) < 4.78 is 0. The number of amides is 2. The second kappa shape index (κ2) is 8.24. The van der Waals surface area contributed by atoms with Gasteiger partial charge in [-0.3, -0.25) is 14.5 Å². The molecule has 1 atom stereocenters. The summed E-state index contributed by atoms with van der Waals surface area (Å²) in [6.07, 6.45) is 6.21. The maximum atomic E-state index is 13.0. The molecular formula is C17H26N6O2. The van der Waals surface area contributed by atoms with Crippen molar-refractivity contribution in [1.29, 1.82) is 0 Å². The van der Waals surface area contributed by atoms with Gasteiger partial charge in [-0.1, -0.05) is 0 Å². The van der Waals surface area contributed by atoms with Gasteiger partial charge in [-0.25, -0.2) is 9.97 Å². The van der Waals surface area contributed by atoms with E-state index in [1.807, 2.05) is 9.80 Å². The molecule has 0 aliphatic carbocycles. The van der Waals surface area contributed by atoms with Crippen LogP contribution in [0.4, 0.5) is 5.95 Å². The molecule has 2 saturated heterocycles. The molecule has 2 aliphatic rings. The highest BCUT2D eigenvalue weighted by Gasteiger charge is 2.31. The maximum Gasteiger partial charge on any atom is 0.231 e. The van der Waals surface area contributed by atoms with Gasteiger partial charge in [0.15, 0.2) is 0 Å². The molecule has 8 nitrogen and oxygen atoms in total. The summed E-state index contributed by atoms with van der Waals surface area (Å²) in [5.74, 6) is 0.580. The molecule has 1 aromatic heterocycles. The SMILES string of the molecule is NC(=O)CN1CCCN(C(=O)[C@@H]2CCCN(c3ncccn3)C2)CC1. The highest BCUT2D eigenvalue weighted by molar-refractivity contribution is 5.80. The number of piperidine rings is 1. The third-order valence-electron chi connectivity index (χ3n) is 4.89. The van der Waals surface area contributed by atoms with Crippen LogP contribution in [0.1, 0.15) is 19.3 Å². The van der Waals surface area contributed by atoms with E-state index in [1.54, 1.807) is 18.5 Å². The quantitative estimate of drug-likeness (QED) is 0.805. The molecule has 2 fully saturated rings. The fourth-order valence-electron chi connectivity index (χ4n) is 3.64. The molecular weight excluding hydrogens is 320 g/mol. The van der Waals surface area contributed by atoms with Crippen molar-refractivity contribution in [3.63, 3.8) is 0 Å². The number of carbonyl (C=O) groups is 2. The lowest BCUT2D eigenvalue weighted by Gasteiger charge is -2.34. The van der Waals surface area contributed by atoms with Crippen molar-refractivity contribution < 1.29 is 9.59 Å². The van der Waals surface area contributed by atoms with Gasteiger partial charge in [0.2, 0.25) is 17.8 Å². The largest absolute Gasteiger partial charge is 0.369 e. The van der Waals surface area contributed by atoms with E-state index in [0.717, 1.165) is 38.9 Å². The molecule has 0 bridgehead atoms. The van der Waals surface area contributed by atoms with E-state index in [2.05, 4.69) is 14.9 Å². The van der Waals surface area contributed by atoms with Crippen molar-refractivity contribution in [2.45, 2.75) is 19.3 Å². The van der Waals surface area contributed by atoms with Gasteiger partial charge in [-0.2, -0.15) is 0 Å². The Labute approximate surface area is 148 Å². The predicted octanol–water partition coefficient (Wildman–Crippen LogP) is -0.287. The summed E-state index contributed by atoms with van der Waals surface area (Å²) >= 11 is 0. The molecule has 1 aromatic rings. The summed E-state index contributed by atoms with van der Waals surface area (Å²) in [6, 6.07) is 1.80. The topological polar surface area (TPSA) is 95.7 Å². The minimum absolute atomic E-state index is 0.0137. The molecule has 3 heterocycles. The fraction of sp³-hybridized carbons (Fsp3) is 0.647. The van der Waals surface area contributed by atoms with Gasteiger partial charge in [0.1, 0.15) is 0 Å². The summed E-state index contributed by atoms with van der Waals surface area (Å²) in [5.41, 5.74) is 5.28. The van der Waals surface area contributed by atoms with Crippen LogP contribution in [0.3, 0.4) is 0 Å². The van der Waals surface area contributed by atoms with Gasteiger partial charge < -0.3 is 15.5 Å². The van der Waals surface area contributed by atoms with Crippen molar-refractivity contribution in [3.8, 4) is 0 Å². The number of hydrogen-bond donors (Lipinski definition) is 1. The number of primary amides is 1.